The molecule has 6 nitrogen and oxygen atoms in total. The van der Waals surface area contributed by atoms with Gasteiger partial charge in [0, 0.05) is 11.8 Å². The van der Waals surface area contributed by atoms with Gasteiger partial charge in [-0.25, -0.2) is 13.8 Å². The van der Waals surface area contributed by atoms with Gasteiger partial charge in [-0.05, 0) is 48.0 Å². The molecule has 0 radical (unpaired) electrons. The summed E-state index contributed by atoms with van der Waals surface area (Å²) in [5.41, 5.74) is 9.57. The largest absolute Gasteiger partial charge is 0.489 e. The summed E-state index contributed by atoms with van der Waals surface area (Å²) in [4.78, 5) is 17.5. The Morgan fingerprint density at radius 3 is 2.60 bits per heavy atom. The van der Waals surface area contributed by atoms with Crippen LogP contribution >= 0.6 is 11.3 Å². The number of imidazole rings is 1. The molecule has 0 aliphatic heterocycles. The van der Waals surface area contributed by atoms with Crippen LogP contribution in [-0.4, -0.2) is 15.5 Å². The number of carbonyl (C=O) groups excluding carboxylic acids is 1. The van der Waals surface area contributed by atoms with Gasteiger partial charge in [0.25, 0.3) is 12.3 Å². The Labute approximate surface area is 203 Å². The van der Waals surface area contributed by atoms with Crippen molar-refractivity contribution >= 4 is 39.9 Å². The molecule has 0 spiro atoms. The van der Waals surface area contributed by atoms with Gasteiger partial charge in [-0.3, -0.25) is 14.7 Å². The highest BCUT2D eigenvalue weighted by Crippen LogP contribution is 2.31. The van der Waals surface area contributed by atoms with E-state index in [-0.39, 0.29) is 15.7 Å². The Morgan fingerprint density at radius 2 is 1.86 bits per heavy atom. The number of aromatic nitrogens is 2. The number of halogens is 2. The standard InChI is InChI=1S/C26H20F2N4O2S/c27-24(28)22-11-12-23(35-22)25(33)31-26-30-20-14-19(34-15-16-5-2-1-3-6-16)9-10-21(20)32(26)18-8-4-7-17(29)13-18/h1-14,24H,15,29H2,(H,30,31,33). The second-order valence-electron chi connectivity index (χ2n) is 7.75. The van der Waals surface area contributed by atoms with E-state index in [1.165, 1.54) is 12.1 Å². The van der Waals surface area contributed by atoms with Crippen molar-refractivity contribution in [1.82, 2.24) is 9.55 Å². The minimum absolute atomic E-state index is 0.165. The molecule has 2 heterocycles. The van der Waals surface area contributed by atoms with Gasteiger partial charge in [-0.2, -0.15) is 0 Å². The van der Waals surface area contributed by atoms with E-state index in [0.717, 1.165) is 22.4 Å². The summed E-state index contributed by atoms with van der Waals surface area (Å²) in [6.07, 6.45) is -2.63. The van der Waals surface area contributed by atoms with E-state index < -0.39 is 12.3 Å². The van der Waals surface area contributed by atoms with Crippen LogP contribution in [0, 0.1) is 0 Å². The van der Waals surface area contributed by atoms with Crippen LogP contribution in [0.1, 0.15) is 26.5 Å². The van der Waals surface area contributed by atoms with Crippen molar-refractivity contribution in [2.75, 3.05) is 11.1 Å². The molecule has 5 rings (SSSR count). The maximum Gasteiger partial charge on any atom is 0.272 e. The number of nitrogen functional groups attached to an aromatic ring is 1. The lowest BCUT2D eigenvalue weighted by atomic mass is 10.2. The van der Waals surface area contributed by atoms with E-state index in [9.17, 15) is 13.6 Å². The minimum Gasteiger partial charge on any atom is -0.489 e. The predicted molar refractivity (Wildman–Crippen MR) is 133 cm³/mol. The first-order valence-corrected chi connectivity index (χ1v) is 11.5. The van der Waals surface area contributed by atoms with Crippen molar-refractivity contribution in [1.29, 1.82) is 0 Å². The van der Waals surface area contributed by atoms with Crippen molar-refractivity contribution in [2.24, 2.45) is 0 Å². The number of amides is 1. The van der Waals surface area contributed by atoms with Crippen molar-refractivity contribution in [3.05, 3.63) is 100 Å². The lowest BCUT2D eigenvalue weighted by Crippen LogP contribution is -2.14. The number of benzene rings is 3. The molecule has 0 atom stereocenters. The maximum absolute atomic E-state index is 13.0. The summed E-state index contributed by atoms with van der Waals surface area (Å²) >= 11 is 0.747. The molecule has 9 heteroatoms. The van der Waals surface area contributed by atoms with Gasteiger partial charge < -0.3 is 10.5 Å². The van der Waals surface area contributed by atoms with E-state index in [1.54, 1.807) is 28.8 Å². The number of nitrogens with two attached hydrogens (primary N) is 1. The van der Waals surface area contributed by atoms with Crippen LogP contribution in [0.4, 0.5) is 20.4 Å². The molecular formula is C26H20F2N4O2S. The molecule has 1 amide bonds. The average molecular weight is 491 g/mol. The molecule has 5 aromatic rings. The number of hydrogen-bond acceptors (Lipinski definition) is 5. The van der Waals surface area contributed by atoms with Crippen LogP contribution in [0.3, 0.4) is 0 Å². The highest BCUT2D eigenvalue weighted by atomic mass is 32.1. The quantitative estimate of drug-likeness (QED) is 0.257. The normalized spacial score (nSPS) is 11.2. The molecule has 0 aliphatic rings. The molecule has 0 saturated heterocycles. The Kier molecular flexibility index (Phi) is 6.15. The zero-order chi connectivity index (χ0) is 24.4. The van der Waals surface area contributed by atoms with Crippen LogP contribution in [0.2, 0.25) is 0 Å². The van der Waals surface area contributed by atoms with E-state index >= 15 is 0 Å². The highest BCUT2D eigenvalue weighted by molar-refractivity contribution is 7.14. The van der Waals surface area contributed by atoms with Crippen LogP contribution in [0.5, 0.6) is 5.75 Å². The molecule has 0 aliphatic carbocycles. The smallest absolute Gasteiger partial charge is 0.272 e. The molecule has 176 valence electrons. The second-order valence-corrected chi connectivity index (χ2v) is 8.86. The topological polar surface area (TPSA) is 82.2 Å². The van der Waals surface area contributed by atoms with Crippen molar-refractivity contribution in [3.8, 4) is 11.4 Å². The zero-order valence-corrected chi connectivity index (χ0v) is 19.1. The van der Waals surface area contributed by atoms with Gasteiger partial charge in [0.05, 0.1) is 26.5 Å². The summed E-state index contributed by atoms with van der Waals surface area (Å²) in [6.45, 7) is 0.400. The first-order chi connectivity index (χ1) is 17.0. The zero-order valence-electron chi connectivity index (χ0n) is 18.3. The lowest BCUT2D eigenvalue weighted by molar-refractivity contribution is 0.102. The van der Waals surface area contributed by atoms with Gasteiger partial charge in [0.15, 0.2) is 0 Å². The van der Waals surface area contributed by atoms with Gasteiger partial charge in [0.2, 0.25) is 5.95 Å². The molecule has 0 unspecified atom stereocenters. The fourth-order valence-corrected chi connectivity index (χ4v) is 4.41. The van der Waals surface area contributed by atoms with E-state index in [1.807, 2.05) is 48.5 Å². The summed E-state index contributed by atoms with van der Waals surface area (Å²) in [6, 6.07) is 25.0. The number of anilines is 2. The molecule has 35 heavy (non-hydrogen) atoms. The number of carbonyl (C=O) groups is 1. The molecule has 0 fully saturated rings. The van der Waals surface area contributed by atoms with Gasteiger partial charge in [0.1, 0.15) is 12.4 Å². The van der Waals surface area contributed by atoms with Crippen LogP contribution in [-0.2, 0) is 6.61 Å². The summed E-state index contributed by atoms with van der Waals surface area (Å²) in [7, 11) is 0. The third-order valence-corrected chi connectivity index (χ3v) is 6.39. The van der Waals surface area contributed by atoms with Crippen molar-refractivity contribution in [2.45, 2.75) is 13.0 Å². The number of alkyl halides is 2. The monoisotopic (exact) mass is 490 g/mol. The van der Waals surface area contributed by atoms with Crippen LogP contribution in [0.25, 0.3) is 16.7 Å². The number of ether oxygens (including phenoxy) is 1. The molecular weight excluding hydrogens is 470 g/mol. The second kappa shape index (κ2) is 9.55. The number of thiophene rings is 1. The Morgan fingerprint density at radius 1 is 1.03 bits per heavy atom. The lowest BCUT2D eigenvalue weighted by Gasteiger charge is -2.11. The van der Waals surface area contributed by atoms with Crippen LogP contribution < -0.4 is 15.8 Å². The van der Waals surface area contributed by atoms with Gasteiger partial charge in [-0.15, -0.1) is 11.3 Å². The maximum atomic E-state index is 13.0. The first-order valence-electron chi connectivity index (χ1n) is 10.7. The molecule has 0 saturated carbocycles. The molecule has 2 aromatic heterocycles. The van der Waals surface area contributed by atoms with E-state index in [2.05, 4.69) is 10.3 Å². The first kappa shape index (κ1) is 22.5. The Bertz CT molecular complexity index is 1500. The minimum atomic E-state index is -2.63. The Balaban J connectivity index is 1.50. The fourth-order valence-electron chi connectivity index (χ4n) is 3.66. The summed E-state index contributed by atoms with van der Waals surface area (Å²) in [5.74, 6) is 0.335. The van der Waals surface area contributed by atoms with Crippen molar-refractivity contribution in [3.63, 3.8) is 0 Å². The average Bonchev–Trinajstić information content (AvgIpc) is 3.48. The third kappa shape index (κ3) is 4.85. The third-order valence-electron chi connectivity index (χ3n) is 5.29. The van der Waals surface area contributed by atoms with E-state index in [4.69, 9.17) is 10.5 Å². The van der Waals surface area contributed by atoms with Gasteiger partial charge >= 0.3 is 0 Å². The van der Waals surface area contributed by atoms with Crippen LogP contribution in [0.15, 0.2) is 84.9 Å². The van der Waals surface area contributed by atoms with Crippen molar-refractivity contribution < 1.29 is 18.3 Å². The fraction of sp³-hybridized carbons (Fsp3) is 0.0769. The molecule has 3 aromatic carbocycles. The predicted octanol–water partition coefficient (Wildman–Crippen LogP) is 6.44. The number of nitrogens with one attached hydrogen (secondary N) is 1. The Hall–Kier alpha value is -4.24. The number of fused-ring (bicyclic) bond motifs is 1. The SMILES string of the molecule is Nc1cccc(-n2c(NC(=O)c3ccc(C(F)F)s3)nc3cc(OCc4ccccc4)ccc32)c1. The molecule has 3 N–H and O–H groups in total. The molecule has 0 bridgehead atoms. The van der Waals surface area contributed by atoms with Gasteiger partial charge in [-0.1, -0.05) is 36.4 Å². The van der Waals surface area contributed by atoms with E-state index in [0.29, 0.717) is 29.2 Å². The number of hydrogen-bond donors (Lipinski definition) is 2. The summed E-state index contributed by atoms with van der Waals surface area (Å²) < 4.78 is 33.6. The highest BCUT2D eigenvalue weighted by Gasteiger charge is 2.19. The summed E-state index contributed by atoms with van der Waals surface area (Å²) in [5, 5.41) is 2.76. The number of rotatable bonds is 7. The number of nitrogens with zero attached hydrogens (tertiary/aromatic N) is 2.